The van der Waals surface area contributed by atoms with Crippen LogP contribution in [0.15, 0.2) is 0 Å². The molecule has 1 N–H and O–H groups in total. The van der Waals surface area contributed by atoms with Crippen molar-refractivity contribution >= 4 is 17.7 Å². The quantitative estimate of drug-likeness (QED) is 0.650. The second kappa shape index (κ2) is 6.30. The average Bonchev–Trinajstić information content (AvgIpc) is 2.98. The van der Waals surface area contributed by atoms with Gasteiger partial charge in [0.1, 0.15) is 0 Å². The molecule has 0 unspecified atom stereocenters. The number of rotatable bonds is 7. The molecule has 14 heavy (non-hydrogen) atoms. The number of amides is 1. The Kier molecular flexibility index (Phi) is 5.33. The molecule has 0 radical (unpaired) electrons. The molecule has 1 aliphatic rings. The number of carbonyl (C=O) groups is 1. The number of nitrogens with zero attached hydrogens (tertiary/aromatic N) is 1. The Labute approximate surface area is 89.9 Å². The van der Waals surface area contributed by atoms with Crippen LogP contribution < -0.4 is 0 Å². The van der Waals surface area contributed by atoms with Gasteiger partial charge in [-0.25, -0.2) is 0 Å². The first-order chi connectivity index (χ1) is 6.79. The Bertz CT molecular complexity index is 183. The van der Waals surface area contributed by atoms with Crippen LogP contribution in [0, 0.1) is 0 Å². The summed E-state index contributed by atoms with van der Waals surface area (Å²) in [6.45, 7) is 0.605. The van der Waals surface area contributed by atoms with Gasteiger partial charge in [-0.2, -0.15) is 11.8 Å². The molecule has 3 nitrogen and oxygen atoms in total. The molecule has 0 aliphatic heterocycles. The van der Waals surface area contributed by atoms with Crippen LogP contribution in [-0.2, 0) is 4.79 Å². The molecular weight excluding hydrogens is 198 g/mol. The fraction of sp³-hybridized carbons (Fsp3) is 0.900. The molecule has 0 spiro atoms. The third-order valence-electron chi connectivity index (χ3n) is 2.39. The Balaban J connectivity index is 2.23. The minimum absolute atomic E-state index is 0.0881. The number of aliphatic hydroxyl groups is 1. The van der Waals surface area contributed by atoms with Crippen molar-refractivity contribution in [2.75, 3.05) is 25.2 Å². The Hall–Kier alpha value is -0.220. The fourth-order valence-electron chi connectivity index (χ4n) is 1.52. The largest absolute Gasteiger partial charge is 0.395 e. The van der Waals surface area contributed by atoms with Gasteiger partial charge in [0.05, 0.1) is 6.61 Å². The Morgan fingerprint density at radius 2 is 2.29 bits per heavy atom. The first kappa shape index (κ1) is 11.9. The summed E-state index contributed by atoms with van der Waals surface area (Å²) < 4.78 is 0. The van der Waals surface area contributed by atoms with Crippen molar-refractivity contribution in [2.45, 2.75) is 31.7 Å². The summed E-state index contributed by atoms with van der Waals surface area (Å²) in [5.41, 5.74) is 0. The second-order valence-corrected chi connectivity index (χ2v) is 4.62. The Morgan fingerprint density at radius 3 is 2.79 bits per heavy atom. The number of thioether (sulfide) groups is 1. The van der Waals surface area contributed by atoms with Gasteiger partial charge in [-0.3, -0.25) is 4.79 Å². The van der Waals surface area contributed by atoms with Crippen molar-refractivity contribution in [3.8, 4) is 0 Å². The molecule has 1 fully saturated rings. The van der Waals surface area contributed by atoms with Crippen LogP contribution in [-0.4, -0.2) is 47.1 Å². The van der Waals surface area contributed by atoms with Gasteiger partial charge >= 0.3 is 0 Å². The Morgan fingerprint density at radius 1 is 1.57 bits per heavy atom. The van der Waals surface area contributed by atoms with E-state index >= 15 is 0 Å². The normalized spacial score (nSPS) is 15.6. The van der Waals surface area contributed by atoms with Gasteiger partial charge < -0.3 is 10.0 Å². The van der Waals surface area contributed by atoms with Gasteiger partial charge in [0.2, 0.25) is 5.91 Å². The van der Waals surface area contributed by atoms with E-state index in [2.05, 4.69) is 6.26 Å². The maximum Gasteiger partial charge on any atom is 0.222 e. The smallest absolute Gasteiger partial charge is 0.222 e. The van der Waals surface area contributed by atoms with Gasteiger partial charge in [-0.1, -0.05) is 0 Å². The van der Waals surface area contributed by atoms with E-state index < -0.39 is 0 Å². The van der Waals surface area contributed by atoms with Crippen LogP contribution in [0.5, 0.6) is 0 Å². The molecule has 0 bridgehead atoms. The summed E-state index contributed by atoms with van der Waals surface area (Å²) in [6.07, 6.45) is 5.88. The van der Waals surface area contributed by atoms with Crippen LogP contribution in [0.2, 0.25) is 0 Å². The van der Waals surface area contributed by atoms with E-state index in [1.807, 2.05) is 4.90 Å². The minimum atomic E-state index is 0.0881. The van der Waals surface area contributed by atoms with Crippen LogP contribution in [0.4, 0.5) is 0 Å². The van der Waals surface area contributed by atoms with E-state index in [9.17, 15) is 4.79 Å². The third-order valence-corrected chi connectivity index (χ3v) is 3.08. The first-order valence-electron chi connectivity index (χ1n) is 5.19. The van der Waals surface area contributed by atoms with Gasteiger partial charge in [0.15, 0.2) is 0 Å². The van der Waals surface area contributed by atoms with Crippen molar-refractivity contribution in [3.63, 3.8) is 0 Å². The van der Waals surface area contributed by atoms with Crippen LogP contribution in [0.1, 0.15) is 25.7 Å². The van der Waals surface area contributed by atoms with Crippen molar-refractivity contribution in [1.29, 1.82) is 0 Å². The molecule has 1 rings (SSSR count). The van der Waals surface area contributed by atoms with E-state index in [0.717, 1.165) is 25.0 Å². The maximum atomic E-state index is 11.7. The van der Waals surface area contributed by atoms with E-state index in [-0.39, 0.29) is 12.5 Å². The predicted octanol–water partition coefficient (Wildman–Crippen LogP) is 1.11. The maximum absolute atomic E-state index is 11.7. The van der Waals surface area contributed by atoms with Gasteiger partial charge in [-0.15, -0.1) is 0 Å². The second-order valence-electron chi connectivity index (χ2n) is 3.64. The number of hydrogen-bond donors (Lipinski definition) is 1. The molecule has 0 aromatic heterocycles. The van der Waals surface area contributed by atoms with Gasteiger partial charge in [0, 0.05) is 19.0 Å². The highest BCUT2D eigenvalue weighted by Gasteiger charge is 2.31. The van der Waals surface area contributed by atoms with E-state index in [0.29, 0.717) is 19.0 Å². The number of hydrogen-bond acceptors (Lipinski definition) is 3. The first-order valence-corrected chi connectivity index (χ1v) is 6.58. The molecular formula is C10H19NO2S. The van der Waals surface area contributed by atoms with E-state index in [4.69, 9.17) is 5.11 Å². The highest BCUT2D eigenvalue weighted by molar-refractivity contribution is 7.98. The topological polar surface area (TPSA) is 40.5 Å². The zero-order valence-electron chi connectivity index (χ0n) is 8.74. The molecule has 0 saturated heterocycles. The molecule has 1 aliphatic carbocycles. The molecule has 0 aromatic rings. The number of carbonyl (C=O) groups excluding carboxylic acids is 1. The highest BCUT2D eigenvalue weighted by Crippen LogP contribution is 2.27. The standard InChI is InChI=1S/C10H19NO2S/c1-14-8-2-3-10(13)11(6-7-12)9-4-5-9/h9,12H,2-8H2,1H3. The van der Waals surface area contributed by atoms with Crippen molar-refractivity contribution in [2.24, 2.45) is 0 Å². The van der Waals surface area contributed by atoms with E-state index in [1.54, 1.807) is 11.8 Å². The molecule has 1 saturated carbocycles. The molecule has 0 aromatic carbocycles. The monoisotopic (exact) mass is 217 g/mol. The SMILES string of the molecule is CSCCCC(=O)N(CCO)C1CC1. The lowest BCUT2D eigenvalue weighted by atomic mass is 10.3. The molecule has 82 valence electrons. The molecule has 0 atom stereocenters. The predicted molar refractivity (Wildman–Crippen MR) is 59.4 cm³/mol. The zero-order valence-corrected chi connectivity index (χ0v) is 9.55. The fourth-order valence-corrected chi connectivity index (χ4v) is 1.95. The molecule has 1 amide bonds. The van der Waals surface area contributed by atoms with Crippen molar-refractivity contribution < 1.29 is 9.90 Å². The third kappa shape index (κ3) is 3.88. The zero-order chi connectivity index (χ0) is 10.4. The summed E-state index contributed by atoms with van der Waals surface area (Å²) in [7, 11) is 0. The van der Waals surface area contributed by atoms with Crippen molar-refractivity contribution in [1.82, 2.24) is 4.90 Å². The van der Waals surface area contributed by atoms with E-state index in [1.165, 1.54) is 0 Å². The van der Waals surface area contributed by atoms with Crippen LogP contribution in [0.25, 0.3) is 0 Å². The highest BCUT2D eigenvalue weighted by atomic mass is 32.2. The summed E-state index contributed by atoms with van der Waals surface area (Å²) >= 11 is 1.77. The lowest BCUT2D eigenvalue weighted by Crippen LogP contribution is -2.35. The molecule has 4 heteroatoms. The summed E-state index contributed by atoms with van der Waals surface area (Å²) in [5, 5.41) is 8.84. The van der Waals surface area contributed by atoms with Crippen LogP contribution >= 0.6 is 11.8 Å². The van der Waals surface area contributed by atoms with Gasteiger partial charge in [0.25, 0.3) is 0 Å². The lowest BCUT2D eigenvalue weighted by molar-refractivity contribution is -0.132. The summed E-state index contributed by atoms with van der Waals surface area (Å²) in [5.74, 6) is 1.26. The van der Waals surface area contributed by atoms with Crippen LogP contribution in [0.3, 0.4) is 0 Å². The average molecular weight is 217 g/mol. The van der Waals surface area contributed by atoms with Gasteiger partial charge in [-0.05, 0) is 31.3 Å². The lowest BCUT2D eigenvalue weighted by Gasteiger charge is -2.21. The number of aliphatic hydroxyl groups excluding tert-OH is 1. The van der Waals surface area contributed by atoms with Crippen molar-refractivity contribution in [3.05, 3.63) is 0 Å². The summed E-state index contributed by atoms with van der Waals surface area (Å²) in [4.78, 5) is 13.5. The summed E-state index contributed by atoms with van der Waals surface area (Å²) in [6, 6.07) is 0.434. The molecule has 0 heterocycles. The minimum Gasteiger partial charge on any atom is -0.395 e.